The standard InChI is InChI=1S/C23H14Cl3NO3/c24-18-7-2-1-6-17(18)22-27-21(23(28)30-22)12-14-4-3-5-16(10-14)29-13-15-8-9-19(25)20(26)11-15/h1-12H,13H2/b21-12-. The number of benzene rings is 3. The van der Waals surface area contributed by atoms with Gasteiger partial charge in [0.05, 0.1) is 20.6 Å². The SMILES string of the molecule is O=C1OC(c2ccccc2Cl)=N/C1=C\c1cccc(OCc2ccc(Cl)c(Cl)c2)c1. The Balaban J connectivity index is 1.52. The zero-order valence-electron chi connectivity index (χ0n) is 15.4. The number of nitrogens with zero attached hydrogens (tertiary/aromatic N) is 1. The maximum atomic E-state index is 12.2. The first-order valence-corrected chi connectivity index (χ1v) is 10.1. The Labute approximate surface area is 188 Å². The Kier molecular flexibility index (Phi) is 6.09. The predicted molar refractivity (Wildman–Crippen MR) is 119 cm³/mol. The molecule has 0 saturated carbocycles. The lowest BCUT2D eigenvalue weighted by atomic mass is 10.2. The van der Waals surface area contributed by atoms with Gasteiger partial charge in [-0.05, 0) is 53.6 Å². The highest BCUT2D eigenvalue weighted by atomic mass is 35.5. The Morgan fingerprint density at radius 1 is 0.900 bits per heavy atom. The number of carbonyl (C=O) groups excluding carboxylic acids is 1. The number of aliphatic imine (C=N–C) groups is 1. The molecule has 7 heteroatoms. The molecule has 0 bridgehead atoms. The fourth-order valence-electron chi connectivity index (χ4n) is 2.81. The molecule has 3 aromatic rings. The van der Waals surface area contributed by atoms with Crippen molar-refractivity contribution in [2.75, 3.05) is 0 Å². The average Bonchev–Trinajstić information content (AvgIpc) is 3.09. The van der Waals surface area contributed by atoms with E-state index in [1.807, 2.05) is 24.3 Å². The Morgan fingerprint density at radius 2 is 1.73 bits per heavy atom. The molecular weight excluding hydrogens is 445 g/mol. The molecule has 0 fully saturated rings. The van der Waals surface area contributed by atoms with Gasteiger partial charge in [-0.3, -0.25) is 0 Å². The molecule has 0 atom stereocenters. The van der Waals surface area contributed by atoms with Crippen molar-refractivity contribution in [2.24, 2.45) is 4.99 Å². The fraction of sp³-hybridized carbons (Fsp3) is 0.0435. The molecule has 0 N–H and O–H groups in total. The zero-order valence-corrected chi connectivity index (χ0v) is 17.7. The van der Waals surface area contributed by atoms with Crippen LogP contribution in [0.5, 0.6) is 5.75 Å². The molecule has 1 aliphatic rings. The van der Waals surface area contributed by atoms with Crippen LogP contribution in [0.25, 0.3) is 6.08 Å². The van der Waals surface area contributed by atoms with Crippen LogP contribution in [-0.4, -0.2) is 11.9 Å². The number of carbonyl (C=O) groups is 1. The molecule has 0 spiro atoms. The summed E-state index contributed by atoms with van der Waals surface area (Å²) in [6, 6.07) is 19.7. The summed E-state index contributed by atoms with van der Waals surface area (Å²) >= 11 is 18.1. The number of cyclic esters (lactones) is 1. The first-order valence-electron chi connectivity index (χ1n) is 8.94. The van der Waals surface area contributed by atoms with Gasteiger partial charge >= 0.3 is 5.97 Å². The van der Waals surface area contributed by atoms with Gasteiger partial charge in [0.15, 0.2) is 5.70 Å². The second-order valence-corrected chi connectivity index (χ2v) is 7.65. The third kappa shape index (κ3) is 4.68. The Morgan fingerprint density at radius 3 is 2.53 bits per heavy atom. The molecule has 1 heterocycles. The van der Waals surface area contributed by atoms with Crippen LogP contribution in [0.2, 0.25) is 15.1 Å². The van der Waals surface area contributed by atoms with Crippen LogP contribution in [-0.2, 0) is 16.1 Å². The van der Waals surface area contributed by atoms with Crippen molar-refractivity contribution in [3.05, 3.63) is 104 Å². The summed E-state index contributed by atoms with van der Waals surface area (Å²) in [6.45, 7) is 0.327. The molecule has 0 aliphatic carbocycles. The number of hydrogen-bond donors (Lipinski definition) is 0. The molecule has 4 rings (SSSR count). The van der Waals surface area contributed by atoms with E-state index in [1.165, 1.54) is 0 Å². The average molecular weight is 459 g/mol. The predicted octanol–water partition coefficient (Wildman–Crippen LogP) is 6.57. The first-order chi connectivity index (χ1) is 14.5. The molecule has 1 aliphatic heterocycles. The summed E-state index contributed by atoms with van der Waals surface area (Å²) in [4.78, 5) is 16.5. The third-order valence-corrected chi connectivity index (χ3v) is 5.34. The molecular formula is C23H14Cl3NO3. The summed E-state index contributed by atoms with van der Waals surface area (Å²) in [6.07, 6.45) is 1.64. The molecule has 0 radical (unpaired) electrons. The minimum absolute atomic E-state index is 0.184. The van der Waals surface area contributed by atoms with Crippen LogP contribution in [0, 0.1) is 0 Å². The van der Waals surface area contributed by atoms with Gasteiger partial charge in [-0.15, -0.1) is 0 Å². The van der Waals surface area contributed by atoms with Crippen molar-refractivity contribution in [1.29, 1.82) is 0 Å². The van der Waals surface area contributed by atoms with Crippen molar-refractivity contribution in [1.82, 2.24) is 0 Å². The van der Waals surface area contributed by atoms with E-state index in [2.05, 4.69) is 4.99 Å². The van der Waals surface area contributed by atoms with Crippen LogP contribution in [0.15, 0.2) is 77.4 Å². The summed E-state index contributed by atoms with van der Waals surface area (Å²) in [7, 11) is 0. The second kappa shape index (κ2) is 8.92. The third-order valence-electron chi connectivity index (χ3n) is 4.28. The number of hydrogen-bond acceptors (Lipinski definition) is 4. The van der Waals surface area contributed by atoms with Gasteiger partial charge in [0.1, 0.15) is 12.4 Å². The van der Waals surface area contributed by atoms with E-state index in [-0.39, 0.29) is 11.6 Å². The smallest absolute Gasteiger partial charge is 0.363 e. The summed E-state index contributed by atoms with van der Waals surface area (Å²) in [5, 5.41) is 1.43. The molecule has 0 saturated heterocycles. The Bertz CT molecular complexity index is 1190. The van der Waals surface area contributed by atoms with Crippen LogP contribution in [0.4, 0.5) is 0 Å². The van der Waals surface area contributed by atoms with Crippen LogP contribution >= 0.6 is 34.8 Å². The topological polar surface area (TPSA) is 47.9 Å². The van der Waals surface area contributed by atoms with Crippen LogP contribution in [0.1, 0.15) is 16.7 Å². The van der Waals surface area contributed by atoms with Crippen LogP contribution in [0.3, 0.4) is 0 Å². The van der Waals surface area contributed by atoms with Crippen molar-refractivity contribution < 1.29 is 14.3 Å². The number of rotatable bonds is 5. The lowest BCUT2D eigenvalue weighted by Crippen LogP contribution is -2.05. The summed E-state index contributed by atoms with van der Waals surface area (Å²) in [5.74, 6) is 0.285. The van der Waals surface area contributed by atoms with Crippen molar-refractivity contribution in [3.8, 4) is 5.75 Å². The highest BCUT2D eigenvalue weighted by Gasteiger charge is 2.25. The van der Waals surface area contributed by atoms with Gasteiger partial charge in [0.25, 0.3) is 0 Å². The van der Waals surface area contributed by atoms with Crippen molar-refractivity contribution in [2.45, 2.75) is 6.61 Å². The number of halogens is 3. The van der Waals surface area contributed by atoms with E-state index >= 15 is 0 Å². The maximum absolute atomic E-state index is 12.2. The molecule has 30 heavy (non-hydrogen) atoms. The highest BCUT2D eigenvalue weighted by molar-refractivity contribution is 6.42. The lowest BCUT2D eigenvalue weighted by Gasteiger charge is -2.08. The van der Waals surface area contributed by atoms with E-state index in [0.717, 1.165) is 11.1 Å². The van der Waals surface area contributed by atoms with Gasteiger partial charge < -0.3 is 9.47 Å². The van der Waals surface area contributed by atoms with Gasteiger partial charge in [-0.25, -0.2) is 9.79 Å². The van der Waals surface area contributed by atoms with Crippen molar-refractivity contribution >= 4 is 52.7 Å². The van der Waals surface area contributed by atoms with Gasteiger partial charge in [0, 0.05) is 0 Å². The van der Waals surface area contributed by atoms with E-state index in [9.17, 15) is 4.79 Å². The number of ether oxygens (including phenoxy) is 2. The van der Waals surface area contributed by atoms with E-state index in [4.69, 9.17) is 44.3 Å². The van der Waals surface area contributed by atoms with E-state index < -0.39 is 5.97 Å². The summed E-state index contributed by atoms with van der Waals surface area (Å²) in [5.41, 5.74) is 2.39. The highest BCUT2D eigenvalue weighted by Crippen LogP contribution is 2.26. The molecule has 0 unspecified atom stereocenters. The summed E-state index contributed by atoms with van der Waals surface area (Å²) < 4.78 is 11.1. The van der Waals surface area contributed by atoms with Crippen LogP contribution < -0.4 is 4.74 Å². The van der Waals surface area contributed by atoms with E-state index in [0.29, 0.717) is 33.0 Å². The molecule has 3 aromatic carbocycles. The Hall–Kier alpha value is -2.79. The minimum Gasteiger partial charge on any atom is -0.489 e. The number of esters is 1. The fourth-order valence-corrected chi connectivity index (χ4v) is 3.34. The molecule has 4 nitrogen and oxygen atoms in total. The van der Waals surface area contributed by atoms with Gasteiger partial charge in [-0.1, -0.05) is 65.1 Å². The van der Waals surface area contributed by atoms with Gasteiger partial charge in [-0.2, -0.15) is 0 Å². The maximum Gasteiger partial charge on any atom is 0.363 e. The minimum atomic E-state index is -0.535. The molecule has 0 aromatic heterocycles. The molecule has 0 amide bonds. The lowest BCUT2D eigenvalue weighted by molar-refractivity contribution is -0.129. The second-order valence-electron chi connectivity index (χ2n) is 6.43. The zero-order chi connectivity index (χ0) is 21.1. The molecule has 150 valence electrons. The first kappa shape index (κ1) is 20.5. The van der Waals surface area contributed by atoms with E-state index in [1.54, 1.807) is 48.5 Å². The largest absolute Gasteiger partial charge is 0.489 e. The van der Waals surface area contributed by atoms with Crippen molar-refractivity contribution in [3.63, 3.8) is 0 Å². The monoisotopic (exact) mass is 457 g/mol. The normalized spacial score (nSPS) is 14.6. The quantitative estimate of drug-likeness (QED) is 0.321. The van der Waals surface area contributed by atoms with Gasteiger partial charge in [0.2, 0.25) is 5.90 Å².